The van der Waals surface area contributed by atoms with Crippen molar-refractivity contribution in [2.45, 2.75) is 25.9 Å². The average Bonchev–Trinajstić information content (AvgIpc) is 3.13. The smallest absolute Gasteiger partial charge is 0.236 e. The lowest BCUT2D eigenvalue weighted by molar-refractivity contribution is -0.137. The molecule has 0 aliphatic rings. The SMILES string of the molecule is C=C/C=C\c1c(C)ccn2nc(CCc3ccc4cc(C(F)(F)F)cnc4n3)nc12. The third-order valence-electron chi connectivity index (χ3n) is 4.74. The molecule has 0 bridgehead atoms. The van der Waals surface area contributed by atoms with E-state index in [0.29, 0.717) is 24.1 Å². The highest BCUT2D eigenvalue weighted by Gasteiger charge is 2.31. The van der Waals surface area contributed by atoms with Gasteiger partial charge in [0.25, 0.3) is 0 Å². The summed E-state index contributed by atoms with van der Waals surface area (Å²) in [6.07, 6.45) is 4.85. The van der Waals surface area contributed by atoms with Crippen LogP contribution in [-0.4, -0.2) is 24.6 Å². The molecular formula is C22H18F3N5. The standard InChI is InChI=1S/C22H18F3N5/c1-3-4-5-18-14(2)10-11-30-21(18)28-19(29-30)9-8-17-7-6-15-12-16(22(23,24)25)13-26-20(15)27-17/h3-7,10-13H,1,8-9H2,2H3/b5-4-. The molecule has 4 aromatic rings. The Morgan fingerprint density at radius 2 is 1.97 bits per heavy atom. The van der Waals surface area contributed by atoms with Gasteiger partial charge in [-0.05, 0) is 43.2 Å². The number of halogens is 3. The number of aryl methyl sites for hydroxylation is 3. The molecule has 0 fully saturated rings. The van der Waals surface area contributed by atoms with Crippen LogP contribution < -0.4 is 0 Å². The Morgan fingerprint density at radius 3 is 2.73 bits per heavy atom. The van der Waals surface area contributed by atoms with Gasteiger partial charge in [-0.25, -0.2) is 19.5 Å². The molecule has 0 spiro atoms. The quantitative estimate of drug-likeness (QED) is 0.436. The third kappa shape index (κ3) is 3.94. The van der Waals surface area contributed by atoms with Crippen LogP contribution in [0.25, 0.3) is 22.8 Å². The number of pyridine rings is 3. The number of alkyl halides is 3. The molecule has 30 heavy (non-hydrogen) atoms. The summed E-state index contributed by atoms with van der Waals surface area (Å²) in [6, 6.07) is 6.35. The van der Waals surface area contributed by atoms with Gasteiger partial charge in [0.2, 0.25) is 0 Å². The molecule has 0 unspecified atom stereocenters. The highest BCUT2D eigenvalue weighted by atomic mass is 19.4. The van der Waals surface area contributed by atoms with Gasteiger partial charge in [-0.15, -0.1) is 0 Å². The molecule has 0 saturated heterocycles. The Morgan fingerprint density at radius 1 is 1.13 bits per heavy atom. The van der Waals surface area contributed by atoms with E-state index in [1.54, 1.807) is 22.7 Å². The lowest BCUT2D eigenvalue weighted by atomic mass is 10.1. The first-order valence-corrected chi connectivity index (χ1v) is 9.32. The van der Waals surface area contributed by atoms with Crippen LogP contribution in [-0.2, 0) is 19.0 Å². The van der Waals surface area contributed by atoms with Crippen LogP contribution in [0.4, 0.5) is 13.2 Å². The van der Waals surface area contributed by atoms with Crippen LogP contribution in [0.2, 0.25) is 0 Å². The Labute approximate surface area is 170 Å². The lowest BCUT2D eigenvalue weighted by Gasteiger charge is -2.07. The van der Waals surface area contributed by atoms with Crippen molar-refractivity contribution in [3.63, 3.8) is 0 Å². The number of aromatic nitrogens is 5. The van der Waals surface area contributed by atoms with Gasteiger partial charge in [-0.2, -0.15) is 18.3 Å². The van der Waals surface area contributed by atoms with Gasteiger partial charge in [0.1, 0.15) is 0 Å². The molecule has 152 valence electrons. The van der Waals surface area contributed by atoms with E-state index in [1.165, 1.54) is 0 Å². The van der Waals surface area contributed by atoms with Gasteiger partial charge in [-0.1, -0.05) is 24.8 Å². The summed E-state index contributed by atoms with van der Waals surface area (Å²) < 4.78 is 40.2. The molecule has 0 amide bonds. The second-order valence-corrected chi connectivity index (χ2v) is 6.87. The first kappa shape index (κ1) is 19.8. The van der Waals surface area contributed by atoms with Crippen LogP contribution in [0.3, 0.4) is 0 Å². The van der Waals surface area contributed by atoms with Gasteiger partial charge >= 0.3 is 6.18 Å². The molecule has 0 aliphatic carbocycles. The second-order valence-electron chi connectivity index (χ2n) is 6.87. The fourth-order valence-electron chi connectivity index (χ4n) is 3.16. The Hall–Kier alpha value is -3.55. The summed E-state index contributed by atoms with van der Waals surface area (Å²) in [5.41, 5.74) is 3.04. The number of rotatable bonds is 5. The van der Waals surface area contributed by atoms with Crippen molar-refractivity contribution in [2.75, 3.05) is 0 Å². The fourth-order valence-corrected chi connectivity index (χ4v) is 3.16. The largest absolute Gasteiger partial charge is 0.417 e. The minimum absolute atomic E-state index is 0.288. The van der Waals surface area contributed by atoms with Gasteiger partial charge in [0.15, 0.2) is 17.1 Å². The zero-order chi connectivity index (χ0) is 21.3. The molecule has 0 aliphatic heterocycles. The van der Waals surface area contributed by atoms with Crippen LogP contribution >= 0.6 is 0 Å². The maximum absolute atomic E-state index is 12.8. The maximum atomic E-state index is 12.8. The zero-order valence-corrected chi connectivity index (χ0v) is 16.2. The van der Waals surface area contributed by atoms with E-state index in [1.807, 2.05) is 31.3 Å². The van der Waals surface area contributed by atoms with E-state index in [9.17, 15) is 13.2 Å². The monoisotopic (exact) mass is 409 g/mol. The minimum Gasteiger partial charge on any atom is -0.236 e. The number of fused-ring (bicyclic) bond motifs is 2. The first-order chi connectivity index (χ1) is 14.3. The van der Waals surface area contributed by atoms with E-state index in [4.69, 9.17) is 0 Å². The van der Waals surface area contributed by atoms with Crippen molar-refractivity contribution in [2.24, 2.45) is 0 Å². The van der Waals surface area contributed by atoms with Crippen molar-refractivity contribution >= 4 is 22.8 Å². The summed E-state index contributed by atoms with van der Waals surface area (Å²) in [4.78, 5) is 12.9. The zero-order valence-electron chi connectivity index (χ0n) is 16.2. The summed E-state index contributed by atoms with van der Waals surface area (Å²) in [5.74, 6) is 0.663. The maximum Gasteiger partial charge on any atom is 0.417 e. The molecular weight excluding hydrogens is 391 g/mol. The fraction of sp³-hybridized carbons (Fsp3) is 0.182. The van der Waals surface area contributed by atoms with Crippen molar-refractivity contribution in [3.8, 4) is 0 Å². The van der Waals surface area contributed by atoms with Gasteiger partial charge in [-0.3, -0.25) is 0 Å². The third-order valence-corrected chi connectivity index (χ3v) is 4.74. The van der Waals surface area contributed by atoms with E-state index >= 15 is 0 Å². The predicted molar refractivity (Wildman–Crippen MR) is 109 cm³/mol. The number of allylic oxidation sites excluding steroid dienone is 2. The highest BCUT2D eigenvalue weighted by Crippen LogP contribution is 2.30. The van der Waals surface area contributed by atoms with Crippen molar-refractivity contribution in [1.82, 2.24) is 24.6 Å². The molecule has 8 heteroatoms. The molecule has 0 atom stereocenters. The summed E-state index contributed by atoms with van der Waals surface area (Å²) in [7, 11) is 0. The molecule has 4 rings (SSSR count). The van der Waals surface area contributed by atoms with Crippen LogP contribution in [0.5, 0.6) is 0 Å². The molecule has 4 aromatic heterocycles. The van der Waals surface area contributed by atoms with Crippen LogP contribution in [0, 0.1) is 6.92 Å². The molecule has 0 aromatic carbocycles. The topological polar surface area (TPSA) is 56.0 Å². The molecule has 0 radical (unpaired) electrons. The first-order valence-electron chi connectivity index (χ1n) is 9.32. The van der Waals surface area contributed by atoms with Crippen LogP contribution in [0.15, 0.2) is 55.4 Å². The van der Waals surface area contributed by atoms with Crippen LogP contribution in [0.1, 0.15) is 28.2 Å². The average molecular weight is 409 g/mol. The summed E-state index contributed by atoms with van der Waals surface area (Å²) in [6.45, 7) is 5.70. The Kier molecular flexibility index (Phi) is 5.07. The van der Waals surface area contributed by atoms with E-state index in [2.05, 4.69) is 26.6 Å². The Bertz CT molecular complexity index is 1270. The van der Waals surface area contributed by atoms with E-state index < -0.39 is 11.7 Å². The second kappa shape index (κ2) is 7.70. The molecule has 0 saturated carbocycles. The van der Waals surface area contributed by atoms with Crippen molar-refractivity contribution in [1.29, 1.82) is 0 Å². The normalized spacial score (nSPS) is 12.3. The van der Waals surface area contributed by atoms with Gasteiger partial charge < -0.3 is 0 Å². The highest BCUT2D eigenvalue weighted by molar-refractivity contribution is 5.75. The van der Waals surface area contributed by atoms with Gasteiger partial charge in [0, 0.05) is 35.5 Å². The Balaban J connectivity index is 1.57. The van der Waals surface area contributed by atoms with E-state index in [0.717, 1.165) is 34.7 Å². The number of nitrogens with zero attached hydrogens (tertiary/aromatic N) is 5. The molecule has 5 nitrogen and oxygen atoms in total. The van der Waals surface area contributed by atoms with Gasteiger partial charge in [0.05, 0.1) is 5.56 Å². The molecule has 0 N–H and O–H groups in total. The number of hydrogen-bond donors (Lipinski definition) is 0. The van der Waals surface area contributed by atoms with Crippen molar-refractivity contribution < 1.29 is 13.2 Å². The summed E-state index contributed by atoms with van der Waals surface area (Å²) in [5, 5.41) is 4.87. The summed E-state index contributed by atoms with van der Waals surface area (Å²) >= 11 is 0. The van der Waals surface area contributed by atoms with E-state index in [-0.39, 0.29) is 5.65 Å². The number of hydrogen-bond acceptors (Lipinski definition) is 4. The molecule has 4 heterocycles. The predicted octanol–water partition coefficient (Wildman–Crippen LogP) is 4.98. The lowest BCUT2D eigenvalue weighted by Crippen LogP contribution is -2.06. The minimum atomic E-state index is -4.42. The van der Waals surface area contributed by atoms with Crippen molar-refractivity contribution in [3.05, 3.63) is 83.6 Å².